The highest BCUT2D eigenvalue weighted by molar-refractivity contribution is 7.20. The summed E-state index contributed by atoms with van der Waals surface area (Å²) in [6.07, 6.45) is 0. The molecule has 0 bridgehead atoms. The van der Waals surface area contributed by atoms with Crippen molar-refractivity contribution < 1.29 is 4.79 Å². The molecule has 1 amide bonds. The van der Waals surface area contributed by atoms with Crippen molar-refractivity contribution in [2.24, 2.45) is 0 Å². The van der Waals surface area contributed by atoms with E-state index in [0.717, 1.165) is 52.7 Å². The zero-order chi connectivity index (χ0) is 16.7. The predicted octanol–water partition coefficient (Wildman–Crippen LogP) is 3.09. The third kappa shape index (κ3) is 2.60. The summed E-state index contributed by atoms with van der Waals surface area (Å²) in [5.74, 6) is 0.0998. The molecular weight excluding hydrogens is 344 g/mol. The molecule has 3 aromatic rings. The lowest BCUT2D eigenvalue weighted by Crippen LogP contribution is -2.46. The second-order valence-electron chi connectivity index (χ2n) is 5.82. The number of thiophene rings is 1. The summed E-state index contributed by atoms with van der Waals surface area (Å²) in [4.78, 5) is 16.4. The Morgan fingerprint density at radius 3 is 2.79 bits per heavy atom. The molecule has 7 heteroatoms. The quantitative estimate of drug-likeness (QED) is 0.764. The monoisotopic (exact) mass is 360 g/mol. The highest BCUT2D eigenvalue weighted by Gasteiger charge is 2.22. The lowest BCUT2D eigenvalue weighted by molar-refractivity contribution is 0.0741. The van der Waals surface area contributed by atoms with Crippen LogP contribution in [0.25, 0.3) is 15.9 Å². The van der Waals surface area contributed by atoms with Gasteiger partial charge in [-0.1, -0.05) is 23.7 Å². The van der Waals surface area contributed by atoms with Crippen molar-refractivity contribution >= 4 is 39.1 Å². The Labute approximate surface area is 148 Å². The molecule has 1 fully saturated rings. The van der Waals surface area contributed by atoms with E-state index in [2.05, 4.69) is 10.4 Å². The van der Waals surface area contributed by atoms with Crippen molar-refractivity contribution in [3.8, 4) is 5.69 Å². The summed E-state index contributed by atoms with van der Waals surface area (Å²) in [6.45, 7) is 5.17. The van der Waals surface area contributed by atoms with E-state index in [-0.39, 0.29) is 5.91 Å². The molecule has 3 heterocycles. The molecule has 1 aromatic carbocycles. The zero-order valence-corrected chi connectivity index (χ0v) is 14.8. The second kappa shape index (κ2) is 6.20. The predicted molar refractivity (Wildman–Crippen MR) is 97.5 cm³/mol. The van der Waals surface area contributed by atoms with Crippen LogP contribution in [0.1, 0.15) is 15.4 Å². The molecule has 1 aliphatic heterocycles. The van der Waals surface area contributed by atoms with Crippen LogP contribution in [0.3, 0.4) is 0 Å². The van der Waals surface area contributed by atoms with Crippen LogP contribution in [0.5, 0.6) is 0 Å². The van der Waals surface area contributed by atoms with Gasteiger partial charge < -0.3 is 10.2 Å². The fourth-order valence-electron chi connectivity index (χ4n) is 2.96. The number of fused-ring (bicyclic) bond motifs is 1. The molecule has 0 radical (unpaired) electrons. The van der Waals surface area contributed by atoms with Gasteiger partial charge in [0.05, 0.1) is 21.3 Å². The van der Waals surface area contributed by atoms with Gasteiger partial charge in [0.1, 0.15) is 4.83 Å². The summed E-state index contributed by atoms with van der Waals surface area (Å²) in [5, 5.41) is 9.53. The lowest BCUT2D eigenvalue weighted by Gasteiger charge is -2.26. The molecule has 2 aromatic heterocycles. The first-order valence-electron chi connectivity index (χ1n) is 7.89. The van der Waals surface area contributed by atoms with Gasteiger partial charge in [0, 0.05) is 31.6 Å². The number of aromatic nitrogens is 2. The Balaban J connectivity index is 1.77. The highest BCUT2D eigenvalue weighted by atomic mass is 35.5. The number of piperazine rings is 1. The van der Waals surface area contributed by atoms with Crippen LogP contribution < -0.4 is 5.32 Å². The molecule has 1 N–H and O–H groups in total. The van der Waals surface area contributed by atoms with E-state index in [0.29, 0.717) is 5.02 Å². The Hall–Kier alpha value is -1.89. The van der Waals surface area contributed by atoms with Crippen LogP contribution in [-0.4, -0.2) is 46.8 Å². The van der Waals surface area contributed by atoms with Gasteiger partial charge in [-0.25, -0.2) is 4.68 Å². The number of hydrogen-bond donors (Lipinski definition) is 1. The molecule has 0 saturated carbocycles. The Morgan fingerprint density at radius 2 is 2.04 bits per heavy atom. The molecule has 5 nitrogen and oxygen atoms in total. The van der Waals surface area contributed by atoms with E-state index in [1.807, 2.05) is 46.8 Å². The third-order valence-corrected chi connectivity index (χ3v) is 5.66. The Bertz CT molecular complexity index is 911. The SMILES string of the molecule is Cc1nn(-c2ccccc2Cl)c2sc(C(=O)N3CCNCC3)cc12. The Morgan fingerprint density at radius 1 is 1.29 bits per heavy atom. The largest absolute Gasteiger partial charge is 0.335 e. The number of nitrogens with one attached hydrogen (secondary N) is 1. The van der Waals surface area contributed by atoms with Crippen molar-refractivity contribution in [1.29, 1.82) is 0 Å². The first-order valence-corrected chi connectivity index (χ1v) is 9.08. The van der Waals surface area contributed by atoms with Gasteiger partial charge in [0.2, 0.25) is 0 Å². The molecule has 24 heavy (non-hydrogen) atoms. The van der Waals surface area contributed by atoms with Gasteiger partial charge >= 0.3 is 0 Å². The number of rotatable bonds is 2. The van der Waals surface area contributed by atoms with E-state index in [1.165, 1.54) is 11.3 Å². The van der Waals surface area contributed by atoms with Crippen molar-refractivity contribution in [2.75, 3.05) is 26.2 Å². The van der Waals surface area contributed by atoms with Gasteiger partial charge in [-0.3, -0.25) is 4.79 Å². The first-order chi connectivity index (χ1) is 11.6. The van der Waals surface area contributed by atoms with Gasteiger partial charge in [-0.15, -0.1) is 11.3 Å². The van der Waals surface area contributed by atoms with Gasteiger partial charge in [-0.05, 0) is 25.1 Å². The number of hydrogen-bond acceptors (Lipinski definition) is 4. The minimum absolute atomic E-state index is 0.0998. The fraction of sp³-hybridized carbons (Fsp3) is 0.294. The van der Waals surface area contributed by atoms with Crippen LogP contribution in [0.15, 0.2) is 30.3 Å². The third-order valence-electron chi connectivity index (χ3n) is 4.24. The van der Waals surface area contributed by atoms with Crippen molar-refractivity contribution in [3.63, 3.8) is 0 Å². The first kappa shape index (κ1) is 15.6. The van der Waals surface area contributed by atoms with E-state index < -0.39 is 0 Å². The molecule has 0 unspecified atom stereocenters. The van der Waals surface area contributed by atoms with E-state index >= 15 is 0 Å². The lowest BCUT2D eigenvalue weighted by atomic mass is 10.2. The van der Waals surface area contributed by atoms with Crippen LogP contribution in [0, 0.1) is 6.92 Å². The molecule has 4 rings (SSSR count). The minimum Gasteiger partial charge on any atom is -0.335 e. The van der Waals surface area contributed by atoms with Crippen LogP contribution >= 0.6 is 22.9 Å². The number of para-hydroxylation sites is 1. The summed E-state index contributed by atoms with van der Waals surface area (Å²) >= 11 is 7.80. The van der Waals surface area contributed by atoms with Crippen LogP contribution in [-0.2, 0) is 0 Å². The number of benzene rings is 1. The molecule has 1 aliphatic rings. The van der Waals surface area contributed by atoms with E-state index in [9.17, 15) is 4.79 Å². The van der Waals surface area contributed by atoms with Gasteiger partial charge in [0.15, 0.2) is 0 Å². The average molecular weight is 361 g/mol. The van der Waals surface area contributed by atoms with Gasteiger partial charge in [-0.2, -0.15) is 5.10 Å². The topological polar surface area (TPSA) is 50.2 Å². The molecule has 124 valence electrons. The Kier molecular flexibility index (Phi) is 4.04. The van der Waals surface area contributed by atoms with Crippen molar-refractivity contribution in [2.45, 2.75) is 6.92 Å². The molecular formula is C17H17ClN4OS. The maximum absolute atomic E-state index is 12.7. The minimum atomic E-state index is 0.0998. The van der Waals surface area contributed by atoms with Gasteiger partial charge in [0.25, 0.3) is 5.91 Å². The maximum Gasteiger partial charge on any atom is 0.264 e. The van der Waals surface area contributed by atoms with Crippen LogP contribution in [0.4, 0.5) is 0 Å². The molecule has 0 atom stereocenters. The molecule has 1 saturated heterocycles. The number of halogens is 1. The van der Waals surface area contributed by atoms with Crippen molar-refractivity contribution in [1.82, 2.24) is 20.0 Å². The normalized spacial score (nSPS) is 15.2. The summed E-state index contributed by atoms with van der Waals surface area (Å²) in [5.41, 5.74) is 1.74. The summed E-state index contributed by atoms with van der Waals surface area (Å²) < 4.78 is 1.84. The number of nitrogens with zero attached hydrogens (tertiary/aromatic N) is 3. The average Bonchev–Trinajstić information content (AvgIpc) is 3.17. The summed E-state index contributed by atoms with van der Waals surface area (Å²) in [7, 11) is 0. The smallest absolute Gasteiger partial charge is 0.264 e. The fourth-order valence-corrected chi connectivity index (χ4v) is 4.32. The molecule has 0 aliphatic carbocycles. The van der Waals surface area contributed by atoms with Crippen molar-refractivity contribution in [3.05, 3.63) is 45.9 Å². The molecule has 0 spiro atoms. The number of amides is 1. The number of carbonyl (C=O) groups is 1. The zero-order valence-electron chi connectivity index (χ0n) is 13.3. The summed E-state index contributed by atoms with van der Waals surface area (Å²) in [6, 6.07) is 9.57. The van der Waals surface area contributed by atoms with E-state index in [1.54, 1.807) is 0 Å². The maximum atomic E-state index is 12.7. The number of carbonyl (C=O) groups excluding carboxylic acids is 1. The van der Waals surface area contributed by atoms with E-state index in [4.69, 9.17) is 11.6 Å². The number of aryl methyl sites for hydroxylation is 1. The standard InChI is InChI=1S/C17H17ClN4OS/c1-11-12-10-15(16(23)21-8-6-19-7-9-21)24-17(12)22(20-11)14-5-3-2-4-13(14)18/h2-5,10,19H,6-9H2,1H3. The van der Waals surface area contributed by atoms with Crippen LogP contribution in [0.2, 0.25) is 5.02 Å². The second-order valence-corrected chi connectivity index (χ2v) is 7.26. The highest BCUT2D eigenvalue weighted by Crippen LogP contribution is 2.32.